The summed E-state index contributed by atoms with van der Waals surface area (Å²) in [4.78, 5) is 28.3. The standard InChI is InChI=1S/C19H22BN5O5/c1-18(2)19(3,4)30-20(29-18)13-8-6-12(7-9-13)10-28-16(26)14-15-22-23-24(5)17(27)25(15)11-21-14/h6-9,11H,10H2,1-5H3. The lowest BCUT2D eigenvalue weighted by molar-refractivity contribution is 0.00578. The van der Waals surface area contributed by atoms with Gasteiger partial charge in [0.2, 0.25) is 0 Å². The number of carbonyl (C=O) groups excluding carboxylic acids is 1. The third-order valence-corrected chi connectivity index (χ3v) is 5.57. The predicted octanol–water partition coefficient (Wildman–Crippen LogP) is 0.479. The maximum atomic E-state index is 12.4. The number of hydrogen-bond acceptors (Lipinski definition) is 8. The zero-order chi connectivity index (χ0) is 21.7. The second-order valence-corrected chi connectivity index (χ2v) is 8.19. The second-order valence-electron chi connectivity index (χ2n) is 8.19. The van der Waals surface area contributed by atoms with Crippen molar-refractivity contribution in [1.29, 1.82) is 0 Å². The number of rotatable bonds is 4. The number of hydrogen-bond donors (Lipinski definition) is 0. The molecule has 0 bridgehead atoms. The van der Waals surface area contributed by atoms with E-state index in [2.05, 4.69) is 15.3 Å². The number of nitrogens with zero attached hydrogens (tertiary/aromatic N) is 5. The number of fused-ring (bicyclic) bond motifs is 1. The van der Waals surface area contributed by atoms with Gasteiger partial charge in [-0.05, 0) is 38.7 Å². The molecular weight excluding hydrogens is 389 g/mol. The molecule has 1 aliphatic rings. The van der Waals surface area contributed by atoms with E-state index < -0.39 is 30.0 Å². The van der Waals surface area contributed by atoms with Gasteiger partial charge in [0.05, 0.1) is 11.2 Å². The van der Waals surface area contributed by atoms with Crippen LogP contribution in [-0.2, 0) is 27.7 Å². The van der Waals surface area contributed by atoms with Crippen LogP contribution in [0, 0.1) is 0 Å². The number of esters is 1. The van der Waals surface area contributed by atoms with E-state index in [4.69, 9.17) is 14.0 Å². The largest absolute Gasteiger partial charge is 0.494 e. The van der Waals surface area contributed by atoms with Crippen molar-refractivity contribution in [2.45, 2.75) is 45.5 Å². The second kappa shape index (κ2) is 7.03. The molecule has 0 amide bonds. The van der Waals surface area contributed by atoms with Crippen LogP contribution in [0.2, 0.25) is 0 Å². The summed E-state index contributed by atoms with van der Waals surface area (Å²) in [7, 11) is 1.00. The Hall–Kier alpha value is -3.05. The Bertz CT molecular complexity index is 1150. The molecule has 0 aliphatic carbocycles. The zero-order valence-electron chi connectivity index (χ0n) is 17.4. The van der Waals surface area contributed by atoms with Gasteiger partial charge >= 0.3 is 18.8 Å². The summed E-state index contributed by atoms with van der Waals surface area (Å²) in [6.45, 7) is 8.04. The van der Waals surface area contributed by atoms with E-state index in [1.165, 1.54) is 13.4 Å². The number of aryl methyl sites for hydroxylation is 1. The van der Waals surface area contributed by atoms with Gasteiger partial charge in [-0.15, -0.1) is 5.10 Å². The molecule has 156 valence electrons. The highest BCUT2D eigenvalue weighted by molar-refractivity contribution is 6.62. The first kappa shape index (κ1) is 20.2. The van der Waals surface area contributed by atoms with E-state index in [9.17, 15) is 9.59 Å². The highest BCUT2D eigenvalue weighted by Crippen LogP contribution is 2.36. The Balaban J connectivity index is 1.43. The van der Waals surface area contributed by atoms with Crippen molar-refractivity contribution in [3.63, 3.8) is 0 Å². The Labute approximate surface area is 172 Å². The Morgan fingerprint density at radius 3 is 2.40 bits per heavy atom. The van der Waals surface area contributed by atoms with Gasteiger partial charge in [0.25, 0.3) is 0 Å². The van der Waals surface area contributed by atoms with Crippen LogP contribution in [0.4, 0.5) is 0 Å². The van der Waals surface area contributed by atoms with Gasteiger partial charge in [0.15, 0.2) is 11.3 Å². The molecule has 1 aromatic carbocycles. The lowest BCUT2D eigenvalue weighted by Gasteiger charge is -2.32. The van der Waals surface area contributed by atoms with Gasteiger partial charge in [-0.25, -0.2) is 19.0 Å². The van der Waals surface area contributed by atoms with Crippen molar-refractivity contribution in [3.05, 3.63) is 52.3 Å². The molecule has 3 aromatic rings. The number of aromatic nitrogens is 5. The minimum absolute atomic E-state index is 0.0414. The number of ether oxygens (including phenoxy) is 1. The molecule has 1 aliphatic heterocycles. The first-order valence-electron chi connectivity index (χ1n) is 9.48. The fraction of sp³-hybridized carbons (Fsp3) is 0.421. The van der Waals surface area contributed by atoms with Crippen LogP contribution >= 0.6 is 0 Å². The fourth-order valence-electron chi connectivity index (χ4n) is 2.99. The van der Waals surface area contributed by atoms with Crippen molar-refractivity contribution in [2.24, 2.45) is 7.05 Å². The maximum absolute atomic E-state index is 12.4. The van der Waals surface area contributed by atoms with E-state index in [1.54, 1.807) is 0 Å². The third-order valence-electron chi connectivity index (χ3n) is 5.57. The Kier molecular flexibility index (Phi) is 4.74. The summed E-state index contributed by atoms with van der Waals surface area (Å²) in [5, 5.41) is 7.51. The molecule has 0 atom stereocenters. The average Bonchev–Trinajstić information content (AvgIpc) is 3.22. The van der Waals surface area contributed by atoms with E-state index >= 15 is 0 Å². The minimum atomic E-state index is -0.685. The van der Waals surface area contributed by atoms with Gasteiger partial charge in [-0.1, -0.05) is 29.5 Å². The summed E-state index contributed by atoms with van der Waals surface area (Å²) < 4.78 is 19.6. The van der Waals surface area contributed by atoms with Crippen LogP contribution < -0.4 is 11.2 Å². The lowest BCUT2D eigenvalue weighted by atomic mass is 9.79. The molecule has 3 heterocycles. The molecule has 1 fully saturated rings. The first-order valence-corrected chi connectivity index (χ1v) is 9.48. The molecule has 10 nitrogen and oxygen atoms in total. The topological polar surface area (TPSA) is 110 Å². The predicted molar refractivity (Wildman–Crippen MR) is 107 cm³/mol. The van der Waals surface area contributed by atoms with E-state index in [-0.39, 0.29) is 17.9 Å². The van der Waals surface area contributed by atoms with Crippen LogP contribution in [-0.4, -0.2) is 48.7 Å². The van der Waals surface area contributed by atoms with E-state index in [0.29, 0.717) is 0 Å². The molecular formula is C19H22BN5O5. The molecule has 0 radical (unpaired) electrons. The SMILES string of the molecule is Cn1nnc2c(C(=O)OCc3ccc(B4OC(C)(C)C(C)(C)O4)cc3)ncn2c1=O. The third kappa shape index (κ3) is 3.39. The molecule has 1 saturated heterocycles. The zero-order valence-corrected chi connectivity index (χ0v) is 17.4. The van der Waals surface area contributed by atoms with E-state index in [0.717, 1.165) is 20.1 Å². The van der Waals surface area contributed by atoms with E-state index in [1.807, 2.05) is 52.0 Å². The summed E-state index contributed by atoms with van der Waals surface area (Å²) in [6, 6.07) is 7.45. The van der Waals surface area contributed by atoms with Gasteiger partial charge in [0, 0.05) is 7.05 Å². The molecule has 0 saturated carbocycles. The number of benzene rings is 1. The molecule has 0 N–H and O–H groups in total. The fourth-order valence-corrected chi connectivity index (χ4v) is 2.99. The van der Waals surface area contributed by atoms with Crippen molar-refractivity contribution in [1.82, 2.24) is 24.4 Å². The van der Waals surface area contributed by atoms with Gasteiger partial charge < -0.3 is 14.0 Å². The van der Waals surface area contributed by atoms with Crippen molar-refractivity contribution in [2.75, 3.05) is 0 Å². The smallest absolute Gasteiger partial charge is 0.456 e. The molecule has 4 rings (SSSR count). The van der Waals surface area contributed by atoms with Crippen LogP contribution in [0.3, 0.4) is 0 Å². The Morgan fingerprint density at radius 1 is 1.13 bits per heavy atom. The molecule has 30 heavy (non-hydrogen) atoms. The van der Waals surface area contributed by atoms with Crippen LogP contribution in [0.5, 0.6) is 0 Å². The number of carbonyl (C=O) groups is 1. The molecule has 0 unspecified atom stereocenters. The summed E-state index contributed by atoms with van der Waals surface area (Å²) in [6.07, 6.45) is 1.22. The van der Waals surface area contributed by atoms with Crippen molar-refractivity contribution in [3.8, 4) is 0 Å². The van der Waals surface area contributed by atoms with Crippen molar-refractivity contribution >= 4 is 24.2 Å². The summed E-state index contributed by atoms with van der Waals surface area (Å²) >= 11 is 0. The monoisotopic (exact) mass is 411 g/mol. The minimum Gasteiger partial charge on any atom is -0.456 e. The lowest BCUT2D eigenvalue weighted by Crippen LogP contribution is -2.41. The first-order chi connectivity index (χ1) is 14.1. The summed E-state index contributed by atoms with van der Waals surface area (Å²) in [5.41, 5.74) is 0.383. The normalized spacial score (nSPS) is 17.4. The van der Waals surface area contributed by atoms with Gasteiger partial charge in [-0.3, -0.25) is 0 Å². The molecule has 11 heteroatoms. The quantitative estimate of drug-likeness (QED) is 0.451. The average molecular weight is 411 g/mol. The van der Waals surface area contributed by atoms with Gasteiger partial charge in [0.1, 0.15) is 12.9 Å². The van der Waals surface area contributed by atoms with Crippen LogP contribution in [0.25, 0.3) is 5.65 Å². The summed E-state index contributed by atoms with van der Waals surface area (Å²) in [5.74, 6) is -0.685. The Morgan fingerprint density at radius 2 is 1.77 bits per heavy atom. The van der Waals surface area contributed by atoms with Crippen LogP contribution in [0.15, 0.2) is 35.4 Å². The molecule has 2 aromatic heterocycles. The van der Waals surface area contributed by atoms with Crippen molar-refractivity contribution < 1.29 is 18.8 Å². The van der Waals surface area contributed by atoms with Gasteiger partial charge in [-0.2, -0.15) is 4.68 Å². The highest BCUT2D eigenvalue weighted by Gasteiger charge is 2.51. The van der Waals surface area contributed by atoms with Crippen LogP contribution in [0.1, 0.15) is 43.7 Å². The number of imidazole rings is 1. The maximum Gasteiger partial charge on any atom is 0.494 e. The molecule has 0 spiro atoms. The highest BCUT2D eigenvalue weighted by atomic mass is 16.7.